The molecular formula is C11H15NO3S. The average molecular weight is 241 g/mol. The summed E-state index contributed by atoms with van der Waals surface area (Å²) < 4.78 is 4.71. The lowest BCUT2D eigenvalue weighted by molar-refractivity contribution is -0.148. The molecule has 16 heavy (non-hydrogen) atoms. The fraction of sp³-hybridized carbons (Fsp3) is 0.455. The summed E-state index contributed by atoms with van der Waals surface area (Å²) in [7, 11) is 1.68. The predicted octanol–water partition coefficient (Wildman–Crippen LogP) is 1.66. The van der Waals surface area contributed by atoms with Crippen LogP contribution in [0.4, 0.5) is 0 Å². The summed E-state index contributed by atoms with van der Waals surface area (Å²) in [6.45, 7) is 2.56. The lowest BCUT2D eigenvalue weighted by Gasteiger charge is -2.15. The maximum Gasteiger partial charge on any atom is 0.315 e. The van der Waals surface area contributed by atoms with Gasteiger partial charge in [0.05, 0.1) is 13.2 Å². The fourth-order valence-corrected chi connectivity index (χ4v) is 1.95. The zero-order chi connectivity index (χ0) is 12.0. The van der Waals surface area contributed by atoms with Crippen LogP contribution in [0.5, 0.6) is 0 Å². The van der Waals surface area contributed by atoms with Gasteiger partial charge in [-0.15, -0.1) is 11.3 Å². The summed E-state index contributed by atoms with van der Waals surface area (Å²) in [4.78, 5) is 25.3. The number of nitrogens with zero attached hydrogens (tertiary/aromatic N) is 1. The molecule has 0 radical (unpaired) electrons. The number of hydrogen-bond donors (Lipinski definition) is 0. The van der Waals surface area contributed by atoms with E-state index in [1.807, 2.05) is 17.5 Å². The molecule has 5 heteroatoms. The zero-order valence-electron chi connectivity index (χ0n) is 9.43. The first-order valence-electron chi connectivity index (χ1n) is 5.05. The smallest absolute Gasteiger partial charge is 0.315 e. The first-order valence-corrected chi connectivity index (χ1v) is 5.93. The number of esters is 1. The Hall–Kier alpha value is -1.36. The van der Waals surface area contributed by atoms with Crippen LogP contribution in [0.1, 0.15) is 18.2 Å². The van der Waals surface area contributed by atoms with Gasteiger partial charge in [0.2, 0.25) is 5.91 Å². The molecule has 0 aliphatic carbocycles. The highest BCUT2D eigenvalue weighted by Gasteiger charge is 2.14. The molecule has 1 aromatic rings. The van der Waals surface area contributed by atoms with Crippen LogP contribution in [0.25, 0.3) is 0 Å². The second-order valence-corrected chi connectivity index (χ2v) is 4.34. The van der Waals surface area contributed by atoms with Crippen LogP contribution in [0.2, 0.25) is 0 Å². The van der Waals surface area contributed by atoms with Gasteiger partial charge >= 0.3 is 5.97 Å². The van der Waals surface area contributed by atoms with Gasteiger partial charge in [-0.2, -0.15) is 0 Å². The minimum Gasteiger partial charge on any atom is -0.466 e. The third kappa shape index (κ3) is 4.02. The van der Waals surface area contributed by atoms with E-state index in [0.717, 1.165) is 4.88 Å². The number of thiophene rings is 1. The number of ether oxygens (including phenoxy) is 1. The van der Waals surface area contributed by atoms with Gasteiger partial charge in [-0.3, -0.25) is 9.59 Å². The Morgan fingerprint density at radius 3 is 2.81 bits per heavy atom. The molecule has 0 N–H and O–H groups in total. The van der Waals surface area contributed by atoms with Gasteiger partial charge < -0.3 is 9.64 Å². The number of rotatable bonds is 5. The molecule has 0 spiro atoms. The van der Waals surface area contributed by atoms with Crippen molar-refractivity contribution in [2.24, 2.45) is 0 Å². The fourth-order valence-electron chi connectivity index (χ4n) is 1.19. The molecular weight excluding hydrogens is 226 g/mol. The van der Waals surface area contributed by atoms with Crippen molar-refractivity contribution in [1.82, 2.24) is 4.90 Å². The maximum atomic E-state index is 11.6. The summed E-state index contributed by atoms with van der Waals surface area (Å²) in [6.07, 6.45) is -0.185. The Bertz CT molecular complexity index is 348. The van der Waals surface area contributed by atoms with Crippen LogP contribution in [0, 0.1) is 0 Å². The van der Waals surface area contributed by atoms with E-state index in [0.29, 0.717) is 13.2 Å². The molecule has 1 aromatic heterocycles. The summed E-state index contributed by atoms with van der Waals surface area (Å²) in [6, 6.07) is 3.89. The van der Waals surface area contributed by atoms with Gasteiger partial charge in [0, 0.05) is 11.9 Å². The molecule has 0 aliphatic heterocycles. The molecule has 1 amide bonds. The molecule has 0 atom stereocenters. The molecule has 1 rings (SSSR count). The van der Waals surface area contributed by atoms with E-state index in [1.54, 1.807) is 25.3 Å². The SMILES string of the molecule is CCOC(=O)CC(=O)N(C)Cc1cccs1. The number of hydrogen-bond acceptors (Lipinski definition) is 4. The second kappa shape index (κ2) is 6.27. The van der Waals surface area contributed by atoms with Gasteiger partial charge in [0.15, 0.2) is 0 Å². The van der Waals surface area contributed by atoms with Gasteiger partial charge in [-0.1, -0.05) is 6.07 Å². The van der Waals surface area contributed by atoms with Crippen LogP contribution in [-0.2, 0) is 20.9 Å². The summed E-state index contributed by atoms with van der Waals surface area (Å²) in [5, 5.41) is 1.96. The monoisotopic (exact) mass is 241 g/mol. The van der Waals surface area contributed by atoms with Crippen LogP contribution < -0.4 is 0 Å². The Kier molecular flexibility index (Phi) is 4.98. The zero-order valence-corrected chi connectivity index (χ0v) is 10.3. The first kappa shape index (κ1) is 12.7. The van der Waals surface area contributed by atoms with E-state index < -0.39 is 5.97 Å². The van der Waals surface area contributed by atoms with Crippen LogP contribution in [0.15, 0.2) is 17.5 Å². The Morgan fingerprint density at radius 1 is 1.50 bits per heavy atom. The molecule has 4 nitrogen and oxygen atoms in total. The molecule has 0 bridgehead atoms. The van der Waals surface area contributed by atoms with E-state index >= 15 is 0 Å². The predicted molar refractivity (Wildman–Crippen MR) is 62.0 cm³/mol. The minimum absolute atomic E-state index is 0.185. The normalized spacial score (nSPS) is 9.88. The standard InChI is InChI=1S/C11H15NO3S/c1-3-15-11(14)7-10(13)12(2)8-9-5-4-6-16-9/h4-6H,3,7-8H2,1-2H3. The molecule has 88 valence electrons. The van der Waals surface area contributed by atoms with E-state index in [1.165, 1.54) is 4.90 Å². The van der Waals surface area contributed by atoms with Crippen molar-refractivity contribution in [2.45, 2.75) is 19.9 Å². The quantitative estimate of drug-likeness (QED) is 0.582. The number of amides is 1. The first-order chi connectivity index (χ1) is 7.63. The molecule has 0 fully saturated rings. The van der Waals surface area contributed by atoms with Gasteiger partial charge in [-0.05, 0) is 18.4 Å². The number of carbonyl (C=O) groups is 2. The van der Waals surface area contributed by atoms with Gasteiger partial charge in [-0.25, -0.2) is 0 Å². The molecule has 0 saturated carbocycles. The van der Waals surface area contributed by atoms with Gasteiger partial charge in [0.25, 0.3) is 0 Å². The lowest BCUT2D eigenvalue weighted by Crippen LogP contribution is -2.28. The van der Waals surface area contributed by atoms with Crippen LogP contribution >= 0.6 is 11.3 Å². The van der Waals surface area contributed by atoms with Crippen molar-refractivity contribution in [1.29, 1.82) is 0 Å². The van der Waals surface area contributed by atoms with Crippen molar-refractivity contribution >= 4 is 23.2 Å². The van der Waals surface area contributed by atoms with E-state index in [-0.39, 0.29) is 12.3 Å². The molecule has 0 aromatic carbocycles. The lowest BCUT2D eigenvalue weighted by atomic mass is 10.3. The van der Waals surface area contributed by atoms with Crippen LogP contribution in [0.3, 0.4) is 0 Å². The summed E-state index contributed by atoms with van der Waals surface area (Å²) >= 11 is 1.59. The molecule has 0 aliphatic rings. The van der Waals surface area contributed by atoms with E-state index in [9.17, 15) is 9.59 Å². The minimum atomic E-state index is -0.467. The highest BCUT2D eigenvalue weighted by atomic mass is 32.1. The maximum absolute atomic E-state index is 11.6. The van der Waals surface area contributed by atoms with Crippen molar-refractivity contribution in [3.8, 4) is 0 Å². The second-order valence-electron chi connectivity index (χ2n) is 3.31. The average Bonchev–Trinajstić information content (AvgIpc) is 2.70. The Labute approximate surface area is 98.8 Å². The Morgan fingerprint density at radius 2 is 2.25 bits per heavy atom. The summed E-state index contributed by atoms with van der Waals surface area (Å²) in [5.74, 6) is -0.683. The summed E-state index contributed by atoms with van der Waals surface area (Å²) in [5.41, 5.74) is 0. The largest absolute Gasteiger partial charge is 0.466 e. The third-order valence-electron chi connectivity index (χ3n) is 2.00. The Balaban J connectivity index is 2.39. The molecule has 0 saturated heterocycles. The van der Waals surface area contributed by atoms with Crippen molar-refractivity contribution < 1.29 is 14.3 Å². The van der Waals surface area contributed by atoms with Crippen molar-refractivity contribution in [2.75, 3.05) is 13.7 Å². The van der Waals surface area contributed by atoms with Crippen LogP contribution in [-0.4, -0.2) is 30.4 Å². The van der Waals surface area contributed by atoms with E-state index in [4.69, 9.17) is 4.74 Å². The van der Waals surface area contributed by atoms with Crippen molar-refractivity contribution in [3.63, 3.8) is 0 Å². The third-order valence-corrected chi connectivity index (χ3v) is 2.86. The highest BCUT2D eigenvalue weighted by molar-refractivity contribution is 7.09. The molecule has 1 heterocycles. The van der Waals surface area contributed by atoms with Crippen molar-refractivity contribution in [3.05, 3.63) is 22.4 Å². The van der Waals surface area contributed by atoms with E-state index in [2.05, 4.69) is 0 Å². The topological polar surface area (TPSA) is 46.6 Å². The molecule has 0 unspecified atom stereocenters. The van der Waals surface area contributed by atoms with Gasteiger partial charge in [0.1, 0.15) is 6.42 Å². The number of carbonyl (C=O) groups excluding carboxylic acids is 2. The highest BCUT2D eigenvalue weighted by Crippen LogP contribution is 2.11.